The molecule has 150 valence electrons. The van der Waals surface area contributed by atoms with Crippen molar-refractivity contribution in [2.45, 2.75) is 19.9 Å². The molecule has 0 spiro atoms. The number of aryl methyl sites for hydroxylation is 1. The lowest BCUT2D eigenvalue weighted by Crippen LogP contribution is -2.30. The lowest BCUT2D eigenvalue weighted by molar-refractivity contribution is 0.102. The van der Waals surface area contributed by atoms with E-state index in [0.29, 0.717) is 29.4 Å². The minimum absolute atomic E-state index is 0.281. The van der Waals surface area contributed by atoms with E-state index in [2.05, 4.69) is 20.4 Å². The fourth-order valence-electron chi connectivity index (χ4n) is 3.44. The van der Waals surface area contributed by atoms with E-state index >= 15 is 0 Å². The number of rotatable bonds is 5. The summed E-state index contributed by atoms with van der Waals surface area (Å²) in [6.45, 7) is 3.28. The number of anilines is 2. The third-order valence-corrected chi connectivity index (χ3v) is 4.94. The van der Waals surface area contributed by atoms with Crippen LogP contribution in [0.3, 0.4) is 0 Å². The minimum atomic E-state index is -0.281. The highest BCUT2D eigenvalue weighted by Crippen LogP contribution is 2.34. The fraction of sp³-hybridized carbons (Fsp3) is 0.286. The molecule has 0 fully saturated rings. The molecule has 0 saturated heterocycles. The molecule has 8 nitrogen and oxygen atoms in total. The lowest BCUT2D eigenvalue weighted by Gasteiger charge is -2.31. The first-order valence-corrected chi connectivity index (χ1v) is 9.26. The molecule has 1 aliphatic rings. The van der Waals surface area contributed by atoms with Crippen LogP contribution in [0, 0.1) is 6.92 Å². The molecule has 0 aliphatic carbocycles. The number of amides is 1. The first-order valence-electron chi connectivity index (χ1n) is 9.26. The molecule has 1 aliphatic heterocycles. The van der Waals surface area contributed by atoms with Gasteiger partial charge in [-0.2, -0.15) is 0 Å². The van der Waals surface area contributed by atoms with E-state index in [4.69, 9.17) is 14.0 Å². The zero-order valence-electron chi connectivity index (χ0n) is 16.6. The Hall–Kier alpha value is -3.55. The Morgan fingerprint density at radius 3 is 2.55 bits per heavy atom. The quantitative estimate of drug-likeness (QED) is 0.711. The largest absolute Gasteiger partial charge is 0.493 e. The monoisotopic (exact) mass is 394 g/mol. The van der Waals surface area contributed by atoms with E-state index < -0.39 is 0 Å². The molecule has 0 saturated carbocycles. The van der Waals surface area contributed by atoms with Gasteiger partial charge in [0.15, 0.2) is 17.3 Å². The Labute approximate surface area is 168 Å². The highest BCUT2D eigenvalue weighted by Gasteiger charge is 2.21. The van der Waals surface area contributed by atoms with Gasteiger partial charge in [-0.15, -0.1) is 0 Å². The second-order valence-corrected chi connectivity index (χ2v) is 6.86. The van der Waals surface area contributed by atoms with Crippen molar-refractivity contribution in [2.75, 3.05) is 31.0 Å². The van der Waals surface area contributed by atoms with Gasteiger partial charge in [-0.3, -0.25) is 9.78 Å². The standard InChI is InChI=1S/C21H22N4O4/c1-13-6-20(24-29-13)23-21(26)15-7-17(11-22-10-15)25-5-4-14-8-18(27-2)19(28-3)9-16(14)12-25/h6-11H,4-5,12H2,1-3H3,(H,23,24,26). The van der Waals surface area contributed by atoms with Crippen LogP contribution in [0.2, 0.25) is 0 Å². The Balaban J connectivity index is 1.54. The number of fused-ring (bicyclic) bond motifs is 1. The van der Waals surface area contributed by atoms with E-state index in [0.717, 1.165) is 24.4 Å². The lowest BCUT2D eigenvalue weighted by atomic mass is 9.98. The third kappa shape index (κ3) is 3.87. The van der Waals surface area contributed by atoms with E-state index in [1.807, 2.05) is 18.2 Å². The highest BCUT2D eigenvalue weighted by molar-refractivity contribution is 6.04. The van der Waals surface area contributed by atoms with Gasteiger partial charge in [0, 0.05) is 25.4 Å². The van der Waals surface area contributed by atoms with Gasteiger partial charge in [0.1, 0.15) is 5.76 Å². The molecule has 0 bridgehead atoms. The zero-order valence-corrected chi connectivity index (χ0v) is 16.6. The van der Waals surface area contributed by atoms with Crippen LogP contribution >= 0.6 is 0 Å². The molecule has 3 aromatic rings. The number of methoxy groups -OCH3 is 2. The van der Waals surface area contributed by atoms with Gasteiger partial charge in [-0.1, -0.05) is 5.16 Å². The number of nitrogens with zero attached hydrogens (tertiary/aromatic N) is 3. The molecular formula is C21H22N4O4. The molecule has 1 amide bonds. The second-order valence-electron chi connectivity index (χ2n) is 6.86. The second kappa shape index (κ2) is 7.83. The summed E-state index contributed by atoms with van der Waals surface area (Å²) in [5.74, 6) is 2.18. The molecule has 8 heteroatoms. The van der Waals surface area contributed by atoms with Crippen molar-refractivity contribution in [2.24, 2.45) is 0 Å². The van der Waals surface area contributed by atoms with Crippen LogP contribution < -0.4 is 19.7 Å². The van der Waals surface area contributed by atoms with Crippen molar-refractivity contribution in [3.05, 3.63) is 59.1 Å². The number of benzene rings is 1. The molecule has 3 heterocycles. The van der Waals surface area contributed by atoms with Crippen LogP contribution in [-0.2, 0) is 13.0 Å². The van der Waals surface area contributed by atoms with E-state index in [1.54, 1.807) is 33.4 Å². The van der Waals surface area contributed by atoms with Crippen molar-refractivity contribution >= 4 is 17.4 Å². The maximum atomic E-state index is 12.5. The van der Waals surface area contributed by atoms with Crippen molar-refractivity contribution in [3.8, 4) is 11.5 Å². The van der Waals surface area contributed by atoms with Gasteiger partial charge >= 0.3 is 0 Å². The minimum Gasteiger partial charge on any atom is -0.493 e. The van der Waals surface area contributed by atoms with E-state index in [-0.39, 0.29) is 5.91 Å². The van der Waals surface area contributed by atoms with Crippen molar-refractivity contribution in [1.29, 1.82) is 0 Å². The molecule has 2 aromatic heterocycles. The number of hydrogen-bond donors (Lipinski definition) is 1. The van der Waals surface area contributed by atoms with Gasteiger partial charge in [-0.05, 0) is 42.7 Å². The Bertz CT molecular complexity index is 1050. The summed E-state index contributed by atoms with van der Waals surface area (Å²) in [4.78, 5) is 19.0. The summed E-state index contributed by atoms with van der Waals surface area (Å²) in [6.07, 6.45) is 4.17. The number of carbonyl (C=O) groups is 1. The summed E-state index contributed by atoms with van der Waals surface area (Å²) >= 11 is 0. The van der Waals surface area contributed by atoms with Crippen LogP contribution in [0.25, 0.3) is 0 Å². The molecule has 1 N–H and O–H groups in total. The van der Waals surface area contributed by atoms with Crippen LogP contribution in [0.15, 0.2) is 41.2 Å². The number of aromatic nitrogens is 2. The summed E-state index contributed by atoms with van der Waals surface area (Å²) < 4.78 is 15.8. The topological polar surface area (TPSA) is 89.7 Å². The first-order chi connectivity index (χ1) is 14.1. The maximum absolute atomic E-state index is 12.5. The number of nitrogens with one attached hydrogen (secondary N) is 1. The van der Waals surface area contributed by atoms with Crippen molar-refractivity contribution in [1.82, 2.24) is 10.1 Å². The van der Waals surface area contributed by atoms with Gasteiger partial charge < -0.3 is 24.2 Å². The van der Waals surface area contributed by atoms with Gasteiger partial charge in [0.05, 0.1) is 31.7 Å². The molecule has 4 rings (SSSR count). The molecule has 29 heavy (non-hydrogen) atoms. The number of hydrogen-bond acceptors (Lipinski definition) is 7. The third-order valence-electron chi connectivity index (χ3n) is 4.94. The Morgan fingerprint density at radius 1 is 1.10 bits per heavy atom. The first kappa shape index (κ1) is 18.8. The molecule has 1 aromatic carbocycles. The van der Waals surface area contributed by atoms with Crippen LogP contribution in [0.5, 0.6) is 11.5 Å². The zero-order chi connectivity index (χ0) is 20.4. The SMILES string of the molecule is COc1cc2c(cc1OC)CN(c1cncc(C(=O)Nc3cc(C)on3)c1)CC2. The van der Waals surface area contributed by atoms with E-state index in [1.165, 1.54) is 17.3 Å². The van der Waals surface area contributed by atoms with E-state index in [9.17, 15) is 4.79 Å². The fourth-order valence-corrected chi connectivity index (χ4v) is 3.44. The number of ether oxygens (including phenoxy) is 2. The molecule has 0 atom stereocenters. The number of pyridine rings is 1. The maximum Gasteiger partial charge on any atom is 0.258 e. The molecule has 0 unspecified atom stereocenters. The molecular weight excluding hydrogens is 372 g/mol. The predicted molar refractivity (Wildman–Crippen MR) is 108 cm³/mol. The Morgan fingerprint density at radius 2 is 1.86 bits per heavy atom. The van der Waals surface area contributed by atoms with Gasteiger partial charge in [-0.25, -0.2) is 0 Å². The van der Waals surface area contributed by atoms with Crippen LogP contribution in [0.1, 0.15) is 27.2 Å². The average molecular weight is 394 g/mol. The molecule has 0 radical (unpaired) electrons. The predicted octanol–water partition coefficient (Wildman–Crippen LogP) is 3.21. The van der Waals surface area contributed by atoms with Gasteiger partial charge in [0.2, 0.25) is 0 Å². The summed E-state index contributed by atoms with van der Waals surface area (Å²) in [7, 11) is 3.27. The summed E-state index contributed by atoms with van der Waals surface area (Å²) in [6, 6.07) is 7.55. The number of carbonyl (C=O) groups excluding carboxylic acids is 1. The van der Waals surface area contributed by atoms with Crippen LogP contribution in [-0.4, -0.2) is 36.8 Å². The van der Waals surface area contributed by atoms with Crippen molar-refractivity contribution < 1.29 is 18.8 Å². The summed E-state index contributed by atoms with van der Waals surface area (Å²) in [5.41, 5.74) is 3.75. The highest BCUT2D eigenvalue weighted by atomic mass is 16.5. The Kier molecular flexibility index (Phi) is 5.07. The average Bonchev–Trinajstić information content (AvgIpc) is 3.16. The smallest absolute Gasteiger partial charge is 0.258 e. The van der Waals surface area contributed by atoms with Gasteiger partial charge in [0.25, 0.3) is 5.91 Å². The van der Waals surface area contributed by atoms with Crippen molar-refractivity contribution in [3.63, 3.8) is 0 Å². The summed E-state index contributed by atoms with van der Waals surface area (Å²) in [5, 5.41) is 6.51. The van der Waals surface area contributed by atoms with Crippen LogP contribution in [0.4, 0.5) is 11.5 Å². The normalized spacial score (nSPS) is 13.0.